The SMILES string of the molecule is CC(C)(C)OC(=O)N[C@H]1CC(=O)N(OCc2ccccc2)C[C@H]2CCC(C(=O)NCc3ccccc3)N2C1=O. The normalized spacial score (nSPS) is 21.6. The van der Waals surface area contributed by atoms with Crippen LogP contribution in [0.3, 0.4) is 0 Å². The van der Waals surface area contributed by atoms with Gasteiger partial charge in [0.2, 0.25) is 17.7 Å². The third-order valence-corrected chi connectivity index (χ3v) is 6.62. The molecule has 0 aliphatic carbocycles. The Balaban J connectivity index is 1.53. The van der Waals surface area contributed by atoms with Gasteiger partial charge in [-0.25, -0.2) is 9.86 Å². The van der Waals surface area contributed by atoms with Gasteiger partial charge in [-0.3, -0.25) is 19.2 Å². The van der Waals surface area contributed by atoms with Gasteiger partial charge in [0.1, 0.15) is 24.3 Å². The Hall–Kier alpha value is -3.92. The molecule has 3 atom stereocenters. The van der Waals surface area contributed by atoms with Crippen LogP contribution in [0, 0.1) is 0 Å². The number of carbonyl (C=O) groups excluding carboxylic acids is 4. The molecule has 2 fully saturated rings. The van der Waals surface area contributed by atoms with Gasteiger partial charge >= 0.3 is 6.09 Å². The molecule has 0 aromatic heterocycles. The van der Waals surface area contributed by atoms with E-state index in [1.807, 2.05) is 60.7 Å². The lowest BCUT2D eigenvalue weighted by atomic mass is 10.1. The first kappa shape index (κ1) is 28.1. The van der Waals surface area contributed by atoms with E-state index in [2.05, 4.69) is 10.6 Å². The predicted octanol–water partition coefficient (Wildman–Crippen LogP) is 2.92. The number of amides is 4. The highest BCUT2D eigenvalue weighted by Gasteiger charge is 2.47. The first-order valence-corrected chi connectivity index (χ1v) is 13.2. The number of nitrogens with zero attached hydrogens (tertiary/aromatic N) is 2. The maximum Gasteiger partial charge on any atom is 0.408 e. The maximum absolute atomic E-state index is 13.8. The van der Waals surface area contributed by atoms with Crippen LogP contribution in [-0.2, 0) is 37.1 Å². The molecular formula is C29H36N4O6. The average molecular weight is 537 g/mol. The fourth-order valence-corrected chi connectivity index (χ4v) is 4.81. The van der Waals surface area contributed by atoms with Crippen molar-refractivity contribution in [1.29, 1.82) is 0 Å². The zero-order chi connectivity index (χ0) is 28.0. The van der Waals surface area contributed by atoms with Crippen LogP contribution in [0.5, 0.6) is 0 Å². The summed E-state index contributed by atoms with van der Waals surface area (Å²) in [5.74, 6) is -1.20. The van der Waals surface area contributed by atoms with Crippen molar-refractivity contribution in [2.75, 3.05) is 6.54 Å². The largest absolute Gasteiger partial charge is 0.444 e. The number of benzene rings is 2. The minimum atomic E-state index is -1.21. The van der Waals surface area contributed by atoms with Gasteiger partial charge in [-0.2, -0.15) is 0 Å². The Labute approximate surface area is 228 Å². The minimum Gasteiger partial charge on any atom is -0.444 e. The molecule has 0 bridgehead atoms. The standard InChI is InChI=1S/C29H36N4O6/c1-29(2,3)39-28(37)31-23-16-25(34)32(38-19-21-12-8-5-9-13-21)18-22-14-15-24(33(22)27(23)36)26(35)30-17-20-10-6-4-7-11-20/h4-13,22-24H,14-19H2,1-3H3,(H,30,35)(H,31,37)/t22-,23+,24?/m1/s1. The fraction of sp³-hybridized carbons (Fsp3) is 0.448. The van der Waals surface area contributed by atoms with E-state index in [1.165, 1.54) is 9.96 Å². The Kier molecular flexibility index (Phi) is 8.86. The molecule has 0 radical (unpaired) electrons. The van der Waals surface area contributed by atoms with Gasteiger partial charge in [0.15, 0.2) is 0 Å². The van der Waals surface area contributed by atoms with Crippen molar-refractivity contribution in [2.45, 2.75) is 76.9 Å². The van der Waals surface area contributed by atoms with Gasteiger partial charge in [-0.1, -0.05) is 60.7 Å². The molecule has 2 aromatic carbocycles. The molecule has 10 nitrogen and oxygen atoms in total. The number of hydrogen-bond acceptors (Lipinski definition) is 6. The third kappa shape index (κ3) is 7.57. The van der Waals surface area contributed by atoms with Crippen LogP contribution in [0.4, 0.5) is 4.79 Å². The number of alkyl carbamates (subject to hydrolysis) is 1. The van der Waals surface area contributed by atoms with Gasteiger partial charge < -0.3 is 20.3 Å². The molecule has 2 aromatic rings. The fourth-order valence-electron chi connectivity index (χ4n) is 4.81. The number of ether oxygens (including phenoxy) is 1. The lowest BCUT2D eigenvalue weighted by Crippen LogP contribution is -2.60. The summed E-state index contributed by atoms with van der Waals surface area (Å²) >= 11 is 0. The van der Waals surface area contributed by atoms with E-state index in [-0.39, 0.29) is 25.5 Å². The van der Waals surface area contributed by atoms with Crippen LogP contribution in [-0.4, -0.2) is 64.0 Å². The van der Waals surface area contributed by atoms with Crippen LogP contribution in [0.25, 0.3) is 0 Å². The summed E-state index contributed by atoms with van der Waals surface area (Å²) in [5.41, 5.74) is 1.03. The van der Waals surface area contributed by atoms with Crippen molar-refractivity contribution < 1.29 is 28.8 Å². The smallest absolute Gasteiger partial charge is 0.408 e. The molecule has 2 aliphatic heterocycles. The van der Waals surface area contributed by atoms with Crippen molar-refractivity contribution in [3.05, 3.63) is 71.8 Å². The number of nitrogens with one attached hydrogen (secondary N) is 2. The van der Waals surface area contributed by atoms with E-state index < -0.39 is 41.6 Å². The predicted molar refractivity (Wildman–Crippen MR) is 143 cm³/mol. The molecule has 4 amide bonds. The Bertz CT molecular complexity index is 1170. The van der Waals surface area contributed by atoms with Gasteiger partial charge in [0, 0.05) is 6.54 Å². The van der Waals surface area contributed by atoms with E-state index in [0.29, 0.717) is 19.4 Å². The minimum absolute atomic E-state index is 0.124. The van der Waals surface area contributed by atoms with Crippen molar-refractivity contribution in [1.82, 2.24) is 20.6 Å². The maximum atomic E-state index is 13.8. The zero-order valence-electron chi connectivity index (χ0n) is 22.6. The van der Waals surface area contributed by atoms with Crippen LogP contribution >= 0.6 is 0 Å². The molecule has 2 saturated heterocycles. The lowest BCUT2D eigenvalue weighted by Gasteiger charge is -2.38. The first-order valence-electron chi connectivity index (χ1n) is 13.2. The molecule has 10 heteroatoms. The second-order valence-corrected chi connectivity index (χ2v) is 10.8. The highest BCUT2D eigenvalue weighted by molar-refractivity contribution is 5.95. The topological polar surface area (TPSA) is 117 Å². The molecule has 4 rings (SSSR count). The molecule has 2 N–H and O–H groups in total. The van der Waals surface area contributed by atoms with Gasteiger partial charge in [-0.05, 0) is 44.7 Å². The Morgan fingerprint density at radius 3 is 2.23 bits per heavy atom. The molecular weight excluding hydrogens is 500 g/mol. The van der Waals surface area contributed by atoms with Crippen LogP contribution in [0.15, 0.2) is 60.7 Å². The number of hydroxylamine groups is 2. The average Bonchev–Trinajstić information content (AvgIpc) is 3.31. The molecule has 2 heterocycles. The van der Waals surface area contributed by atoms with Crippen molar-refractivity contribution in [2.24, 2.45) is 0 Å². The van der Waals surface area contributed by atoms with E-state index in [0.717, 1.165) is 11.1 Å². The Morgan fingerprint density at radius 1 is 0.949 bits per heavy atom. The molecule has 0 spiro atoms. The van der Waals surface area contributed by atoms with Gasteiger partial charge in [0.05, 0.1) is 19.0 Å². The highest BCUT2D eigenvalue weighted by Crippen LogP contribution is 2.29. The summed E-state index contributed by atoms with van der Waals surface area (Å²) in [6.45, 7) is 5.74. The monoisotopic (exact) mass is 536 g/mol. The van der Waals surface area contributed by atoms with Crippen LogP contribution in [0.1, 0.15) is 51.2 Å². The van der Waals surface area contributed by atoms with E-state index in [1.54, 1.807) is 20.8 Å². The number of fused-ring (bicyclic) bond motifs is 1. The quantitative estimate of drug-likeness (QED) is 0.562. The summed E-state index contributed by atoms with van der Waals surface area (Å²) in [4.78, 5) is 60.3. The van der Waals surface area contributed by atoms with Crippen LogP contribution < -0.4 is 10.6 Å². The molecule has 39 heavy (non-hydrogen) atoms. The number of carbonyl (C=O) groups is 4. The third-order valence-electron chi connectivity index (χ3n) is 6.62. The molecule has 1 unspecified atom stereocenters. The molecule has 208 valence electrons. The zero-order valence-corrected chi connectivity index (χ0v) is 22.6. The highest BCUT2D eigenvalue weighted by atomic mass is 16.7. The van der Waals surface area contributed by atoms with Crippen molar-refractivity contribution in [3.63, 3.8) is 0 Å². The van der Waals surface area contributed by atoms with E-state index >= 15 is 0 Å². The van der Waals surface area contributed by atoms with Gasteiger partial charge in [-0.15, -0.1) is 0 Å². The lowest BCUT2D eigenvalue weighted by molar-refractivity contribution is -0.199. The summed E-state index contributed by atoms with van der Waals surface area (Å²) < 4.78 is 5.35. The summed E-state index contributed by atoms with van der Waals surface area (Å²) in [5, 5.41) is 6.74. The first-order chi connectivity index (χ1) is 18.6. The summed E-state index contributed by atoms with van der Waals surface area (Å²) in [6, 6.07) is 16.5. The molecule has 2 aliphatic rings. The summed E-state index contributed by atoms with van der Waals surface area (Å²) in [7, 11) is 0. The van der Waals surface area contributed by atoms with Crippen molar-refractivity contribution in [3.8, 4) is 0 Å². The van der Waals surface area contributed by atoms with E-state index in [9.17, 15) is 19.2 Å². The number of hydrogen-bond donors (Lipinski definition) is 2. The van der Waals surface area contributed by atoms with Crippen molar-refractivity contribution >= 4 is 23.8 Å². The number of rotatable bonds is 7. The van der Waals surface area contributed by atoms with Gasteiger partial charge in [0.25, 0.3) is 0 Å². The Morgan fingerprint density at radius 2 is 1.59 bits per heavy atom. The second kappa shape index (κ2) is 12.3. The summed E-state index contributed by atoms with van der Waals surface area (Å²) in [6.07, 6.45) is -0.204. The second-order valence-electron chi connectivity index (χ2n) is 10.8. The van der Waals surface area contributed by atoms with E-state index in [4.69, 9.17) is 9.57 Å². The molecule has 0 saturated carbocycles. The van der Waals surface area contributed by atoms with Crippen LogP contribution in [0.2, 0.25) is 0 Å².